The summed E-state index contributed by atoms with van der Waals surface area (Å²) in [5, 5.41) is 15.0. The lowest BCUT2D eigenvalue weighted by molar-refractivity contribution is 0.356. The number of nitrogens with one attached hydrogen (secondary N) is 2. The molecule has 2 aromatic heterocycles. The summed E-state index contributed by atoms with van der Waals surface area (Å²) in [6.45, 7) is 2.95. The monoisotopic (exact) mass is 368 g/mol. The van der Waals surface area contributed by atoms with Crippen molar-refractivity contribution in [2.24, 2.45) is 0 Å². The highest BCUT2D eigenvalue weighted by atomic mass is 19.1. The molecule has 8 heteroatoms. The van der Waals surface area contributed by atoms with E-state index in [-0.39, 0.29) is 5.82 Å². The first-order valence-corrected chi connectivity index (χ1v) is 9.37. The van der Waals surface area contributed by atoms with Gasteiger partial charge in [-0.3, -0.25) is 4.40 Å². The third-order valence-electron chi connectivity index (χ3n) is 5.50. The van der Waals surface area contributed by atoms with Gasteiger partial charge in [-0.05, 0) is 44.0 Å². The van der Waals surface area contributed by atoms with Crippen molar-refractivity contribution in [2.45, 2.75) is 31.7 Å². The van der Waals surface area contributed by atoms with Crippen LogP contribution in [0.25, 0.3) is 5.65 Å². The van der Waals surface area contributed by atoms with Gasteiger partial charge in [-0.1, -0.05) is 0 Å². The molecule has 2 N–H and O–H groups in total. The predicted octanol–water partition coefficient (Wildman–Crippen LogP) is 2.28. The van der Waals surface area contributed by atoms with E-state index in [1.54, 1.807) is 12.4 Å². The van der Waals surface area contributed by atoms with Crippen molar-refractivity contribution in [2.75, 3.05) is 25.0 Å². The van der Waals surface area contributed by atoms with Gasteiger partial charge in [0.2, 0.25) is 5.95 Å². The van der Waals surface area contributed by atoms with Gasteiger partial charge in [-0.2, -0.15) is 0 Å². The fourth-order valence-electron chi connectivity index (χ4n) is 4.06. The molecule has 1 aromatic carbocycles. The van der Waals surface area contributed by atoms with Gasteiger partial charge in [-0.15, -0.1) is 10.2 Å². The van der Waals surface area contributed by atoms with E-state index in [1.165, 1.54) is 6.07 Å². The summed E-state index contributed by atoms with van der Waals surface area (Å²) < 4.78 is 21.8. The van der Waals surface area contributed by atoms with E-state index < -0.39 is 0 Å². The van der Waals surface area contributed by atoms with Crippen molar-refractivity contribution in [3.63, 3.8) is 0 Å². The molecule has 0 amide bonds. The first-order chi connectivity index (χ1) is 13.3. The summed E-state index contributed by atoms with van der Waals surface area (Å²) in [6.07, 6.45) is 6.41. The van der Waals surface area contributed by atoms with Crippen LogP contribution in [-0.4, -0.2) is 39.3 Å². The number of halogens is 1. The van der Waals surface area contributed by atoms with E-state index in [0.29, 0.717) is 30.6 Å². The number of anilines is 1. The maximum atomic E-state index is 14.4. The molecule has 0 unspecified atom stereocenters. The van der Waals surface area contributed by atoms with Crippen LogP contribution < -0.4 is 15.4 Å². The Hall–Kier alpha value is -2.74. The average Bonchev–Trinajstić information content (AvgIpc) is 3.37. The predicted molar refractivity (Wildman–Crippen MR) is 98.6 cm³/mol. The lowest BCUT2D eigenvalue weighted by atomic mass is 9.92. The van der Waals surface area contributed by atoms with Crippen molar-refractivity contribution >= 4 is 11.6 Å². The number of benzene rings is 1. The summed E-state index contributed by atoms with van der Waals surface area (Å²) in [7, 11) is 0. The molecule has 0 spiro atoms. The fourth-order valence-corrected chi connectivity index (χ4v) is 4.06. The van der Waals surface area contributed by atoms with E-state index in [0.717, 1.165) is 54.9 Å². The van der Waals surface area contributed by atoms with Crippen molar-refractivity contribution in [1.29, 1.82) is 0 Å². The van der Waals surface area contributed by atoms with Crippen LogP contribution in [0.15, 0.2) is 24.7 Å². The number of hydrogen-bond donors (Lipinski definition) is 2. The van der Waals surface area contributed by atoms with E-state index >= 15 is 0 Å². The van der Waals surface area contributed by atoms with Crippen molar-refractivity contribution in [3.8, 4) is 5.75 Å². The average molecular weight is 368 g/mol. The van der Waals surface area contributed by atoms with Crippen LogP contribution in [0.5, 0.6) is 5.75 Å². The van der Waals surface area contributed by atoms with Crippen LogP contribution in [0.4, 0.5) is 10.3 Å². The molecule has 0 bridgehead atoms. The van der Waals surface area contributed by atoms with Crippen molar-refractivity contribution in [1.82, 2.24) is 24.9 Å². The van der Waals surface area contributed by atoms with E-state index in [9.17, 15) is 4.39 Å². The van der Waals surface area contributed by atoms with Gasteiger partial charge in [0.05, 0.1) is 6.61 Å². The first-order valence-electron chi connectivity index (χ1n) is 9.37. The van der Waals surface area contributed by atoms with Crippen molar-refractivity contribution in [3.05, 3.63) is 47.2 Å². The zero-order chi connectivity index (χ0) is 18.2. The van der Waals surface area contributed by atoms with Gasteiger partial charge in [0.25, 0.3) is 0 Å². The van der Waals surface area contributed by atoms with E-state index in [4.69, 9.17) is 4.74 Å². The largest absolute Gasteiger partial charge is 0.493 e. The molecule has 0 saturated carbocycles. The Labute approximate surface area is 156 Å². The summed E-state index contributed by atoms with van der Waals surface area (Å²) >= 11 is 0. The molecular formula is C19H21FN6O. The molecule has 5 rings (SSSR count). The minimum absolute atomic E-state index is 0.224. The first kappa shape index (κ1) is 16.4. The van der Waals surface area contributed by atoms with Crippen LogP contribution in [0, 0.1) is 5.82 Å². The zero-order valence-electron chi connectivity index (χ0n) is 14.9. The normalized spacial score (nSPS) is 17.1. The van der Waals surface area contributed by atoms with Gasteiger partial charge in [0.15, 0.2) is 5.65 Å². The van der Waals surface area contributed by atoms with Crippen LogP contribution in [0.2, 0.25) is 0 Å². The highest BCUT2D eigenvalue weighted by Gasteiger charge is 2.22. The molecule has 0 atom stereocenters. The maximum Gasteiger partial charge on any atom is 0.210 e. The van der Waals surface area contributed by atoms with Crippen LogP contribution >= 0.6 is 0 Å². The second-order valence-electron chi connectivity index (χ2n) is 7.04. The molecule has 140 valence electrons. The summed E-state index contributed by atoms with van der Waals surface area (Å²) in [5.41, 5.74) is 3.52. The highest BCUT2D eigenvalue weighted by molar-refractivity contribution is 5.53. The minimum Gasteiger partial charge on any atom is -0.493 e. The third-order valence-corrected chi connectivity index (χ3v) is 5.50. The maximum absolute atomic E-state index is 14.4. The number of ether oxygens (including phenoxy) is 1. The van der Waals surface area contributed by atoms with Gasteiger partial charge in [-0.25, -0.2) is 9.37 Å². The number of hydrogen-bond acceptors (Lipinski definition) is 6. The van der Waals surface area contributed by atoms with Crippen LogP contribution in [-0.2, 0) is 13.0 Å². The Bertz CT molecular complexity index is 982. The number of aromatic nitrogens is 4. The molecule has 2 aliphatic heterocycles. The molecule has 0 radical (unpaired) electrons. The summed E-state index contributed by atoms with van der Waals surface area (Å²) in [6, 6.07) is 3.16. The second kappa shape index (κ2) is 6.77. The number of nitrogens with zero attached hydrogens (tertiary/aromatic N) is 4. The molecule has 2 aliphatic rings. The SMILES string of the molecule is Fc1ccc2c(c1CNc1ncc(C3CCNCC3)c3nncn13)CCO2. The van der Waals surface area contributed by atoms with Gasteiger partial charge in [0.1, 0.15) is 17.9 Å². The molecule has 27 heavy (non-hydrogen) atoms. The Morgan fingerprint density at radius 2 is 2.19 bits per heavy atom. The minimum atomic E-state index is -0.224. The number of rotatable bonds is 4. The van der Waals surface area contributed by atoms with Crippen LogP contribution in [0.3, 0.4) is 0 Å². The third kappa shape index (κ3) is 2.90. The molecule has 0 aliphatic carbocycles. The Kier molecular flexibility index (Phi) is 4.12. The van der Waals surface area contributed by atoms with Gasteiger partial charge < -0.3 is 15.4 Å². The highest BCUT2D eigenvalue weighted by Crippen LogP contribution is 2.31. The quantitative estimate of drug-likeness (QED) is 0.736. The molecule has 4 heterocycles. The summed E-state index contributed by atoms with van der Waals surface area (Å²) in [4.78, 5) is 4.59. The number of piperidine rings is 1. The van der Waals surface area contributed by atoms with Gasteiger partial charge in [0, 0.05) is 35.9 Å². The number of fused-ring (bicyclic) bond motifs is 2. The topological polar surface area (TPSA) is 76.4 Å². The molecule has 7 nitrogen and oxygen atoms in total. The lowest BCUT2D eigenvalue weighted by Crippen LogP contribution is -2.27. The standard InChI is InChI=1S/C19H21FN6O/c20-16-1-2-17-13(5-8-27-17)15(16)10-23-19-22-9-14(12-3-6-21-7-4-12)18-25-24-11-26(18)19/h1-2,9,11-12,21H,3-8,10H2,(H,22,23). The molecule has 1 fully saturated rings. The molecule has 3 aromatic rings. The molecular weight excluding hydrogens is 347 g/mol. The zero-order valence-corrected chi connectivity index (χ0v) is 14.9. The Morgan fingerprint density at radius 1 is 1.30 bits per heavy atom. The van der Waals surface area contributed by atoms with E-state index in [1.807, 2.05) is 10.6 Å². The van der Waals surface area contributed by atoms with E-state index in [2.05, 4.69) is 25.8 Å². The lowest BCUT2D eigenvalue weighted by Gasteiger charge is -2.23. The van der Waals surface area contributed by atoms with Crippen LogP contribution in [0.1, 0.15) is 35.4 Å². The Balaban J connectivity index is 1.44. The summed E-state index contributed by atoms with van der Waals surface area (Å²) in [5.74, 6) is 1.60. The Morgan fingerprint density at radius 3 is 3.07 bits per heavy atom. The van der Waals surface area contributed by atoms with Crippen molar-refractivity contribution < 1.29 is 9.13 Å². The smallest absolute Gasteiger partial charge is 0.210 e. The van der Waals surface area contributed by atoms with Gasteiger partial charge >= 0.3 is 0 Å². The second-order valence-corrected chi connectivity index (χ2v) is 7.04. The fraction of sp³-hybridized carbons (Fsp3) is 0.421. The molecule has 1 saturated heterocycles.